The van der Waals surface area contributed by atoms with Crippen LogP contribution in [0, 0.1) is 6.92 Å². The fraction of sp³-hybridized carbons (Fsp3) is 0.583. The fourth-order valence-electron chi connectivity index (χ4n) is 1.53. The zero-order valence-corrected chi connectivity index (χ0v) is 10.3. The van der Waals surface area contributed by atoms with Gasteiger partial charge in [0.1, 0.15) is 5.82 Å². The third kappa shape index (κ3) is 5.40. The van der Waals surface area contributed by atoms with Gasteiger partial charge < -0.3 is 10.5 Å². The summed E-state index contributed by atoms with van der Waals surface area (Å²) < 4.78 is 4.84. The average molecular weight is 237 g/mol. The van der Waals surface area contributed by atoms with Crippen molar-refractivity contribution in [2.24, 2.45) is 5.73 Å². The molecule has 1 aromatic rings. The molecule has 94 valence electrons. The molecule has 1 heterocycles. The molecule has 5 heteroatoms. The lowest BCUT2D eigenvalue weighted by Crippen LogP contribution is -2.24. The molecule has 0 saturated carbocycles. The molecule has 1 aromatic heterocycles. The summed E-state index contributed by atoms with van der Waals surface area (Å²) in [7, 11) is 0. The maximum atomic E-state index is 11.2. The summed E-state index contributed by atoms with van der Waals surface area (Å²) in [6.07, 6.45) is 3.35. The van der Waals surface area contributed by atoms with E-state index in [0.29, 0.717) is 25.9 Å². The summed E-state index contributed by atoms with van der Waals surface area (Å²) in [5, 5.41) is 0. The number of aryl methyl sites for hydroxylation is 1. The summed E-state index contributed by atoms with van der Waals surface area (Å²) in [5.74, 6) is 0.543. The van der Waals surface area contributed by atoms with Crippen LogP contribution in [0.5, 0.6) is 0 Å². The summed E-state index contributed by atoms with van der Waals surface area (Å²) in [4.78, 5) is 19.4. The van der Waals surface area contributed by atoms with Crippen LogP contribution in [-0.4, -0.2) is 28.6 Å². The molecule has 1 unspecified atom stereocenters. The van der Waals surface area contributed by atoms with E-state index in [2.05, 4.69) is 9.97 Å². The molecule has 0 fully saturated rings. The van der Waals surface area contributed by atoms with Crippen molar-refractivity contribution in [2.75, 3.05) is 6.61 Å². The number of carbonyl (C=O) groups is 1. The first-order valence-corrected chi connectivity index (χ1v) is 5.81. The van der Waals surface area contributed by atoms with Crippen LogP contribution < -0.4 is 5.73 Å². The smallest absolute Gasteiger partial charge is 0.305 e. The molecule has 0 aromatic carbocycles. The van der Waals surface area contributed by atoms with Crippen LogP contribution in [0.2, 0.25) is 0 Å². The first-order chi connectivity index (χ1) is 8.11. The Labute approximate surface area is 101 Å². The number of carbonyl (C=O) groups excluding carboxylic acids is 1. The monoisotopic (exact) mass is 237 g/mol. The molecular formula is C12H19N3O2. The minimum atomic E-state index is -0.193. The van der Waals surface area contributed by atoms with Gasteiger partial charge in [-0.2, -0.15) is 0 Å². The third-order valence-electron chi connectivity index (χ3n) is 2.33. The number of hydrogen-bond donors (Lipinski definition) is 1. The van der Waals surface area contributed by atoms with Crippen LogP contribution in [0.25, 0.3) is 0 Å². The lowest BCUT2D eigenvalue weighted by molar-refractivity contribution is -0.143. The molecule has 0 saturated heterocycles. The predicted octanol–water partition coefficient (Wildman–Crippen LogP) is 0.998. The molecule has 17 heavy (non-hydrogen) atoms. The van der Waals surface area contributed by atoms with E-state index in [1.807, 2.05) is 13.0 Å². The largest absolute Gasteiger partial charge is 0.466 e. The lowest BCUT2D eigenvalue weighted by Gasteiger charge is -2.10. The van der Waals surface area contributed by atoms with E-state index in [0.717, 1.165) is 11.5 Å². The third-order valence-corrected chi connectivity index (χ3v) is 2.33. The number of ether oxygens (including phenoxy) is 1. The fourth-order valence-corrected chi connectivity index (χ4v) is 1.53. The molecule has 5 nitrogen and oxygen atoms in total. The Hall–Kier alpha value is -1.49. The average Bonchev–Trinajstić information content (AvgIpc) is 2.27. The molecule has 0 radical (unpaired) electrons. The summed E-state index contributed by atoms with van der Waals surface area (Å²) >= 11 is 0. The van der Waals surface area contributed by atoms with E-state index in [1.54, 1.807) is 13.1 Å². The Kier molecular flexibility index (Phi) is 5.56. The van der Waals surface area contributed by atoms with Gasteiger partial charge in [0.2, 0.25) is 0 Å². The van der Waals surface area contributed by atoms with Crippen molar-refractivity contribution < 1.29 is 9.53 Å². The van der Waals surface area contributed by atoms with Gasteiger partial charge in [-0.15, -0.1) is 0 Å². The zero-order valence-electron chi connectivity index (χ0n) is 10.3. The van der Waals surface area contributed by atoms with Gasteiger partial charge in [-0.05, 0) is 26.3 Å². The van der Waals surface area contributed by atoms with Gasteiger partial charge in [-0.25, -0.2) is 9.97 Å². The molecular weight excluding hydrogens is 218 g/mol. The Morgan fingerprint density at radius 2 is 2.35 bits per heavy atom. The topological polar surface area (TPSA) is 78.1 Å². The predicted molar refractivity (Wildman–Crippen MR) is 64.3 cm³/mol. The SMILES string of the molecule is CCOC(=O)CCC(N)Cc1ccnc(C)n1. The van der Waals surface area contributed by atoms with Crippen LogP contribution in [0.4, 0.5) is 0 Å². The minimum Gasteiger partial charge on any atom is -0.466 e. The lowest BCUT2D eigenvalue weighted by atomic mass is 10.1. The van der Waals surface area contributed by atoms with Crippen LogP contribution in [0.15, 0.2) is 12.3 Å². The summed E-state index contributed by atoms with van der Waals surface area (Å²) in [6.45, 7) is 4.05. The highest BCUT2D eigenvalue weighted by Gasteiger charge is 2.09. The summed E-state index contributed by atoms with van der Waals surface area (Å²) in [6, 6.07) is 1.77. The van der Waals surface area contributed by atoms with Gasteiger partial charge in [0.15, 0.2) is 0 Å². The number of aromatic nitrogens is 2. The number of nitrogens with two attached hydrogens (primary N) is 1. The molecule has 0 aliphatic heterocycles. The van der Waals surface area contributed by atoms with E-state index in [4.69, 9.17) is 10.5 Å². The van der Waals surface area contributed by atoms with E-state index in [9.17, 15) is 4.79 Å². The van der Waals surface area contributed by atoms with Gasteiger partial charge in [0.05, 0.1) is 6.61 Å². The maximum absolute atomic E-state index is 11.2. The Morgan fingerprint density at radius 3 is 3.00 bits per heavy atom. The second kappa shape index (κ2) is 6.96. The molecule has 0 amide bonds. The first kappa shape index (κ1) is 13.6. The van der Waals surface area contributed by atoms with Crippen molar-refractivity contribution in [1.82, 2.24) is 9.97 Å². The molecule has 0 aliphatic rings. The molecule has 1 rings (SSSR count). The van der Waals surface area contributed by atoms with Gasteiger partial charge in [0.25, 0.3) is 0 Å². The molecule has 0 aliphatic carbocycles. The highest BCUT2D eigenvalue weighted by molar-refractivity contribution is 5.69. The quantitative estimate of drug-likeness (QED) is 0.747. The van der Waals surface area contributed by atoms with E-state index in [1.165, 1.54) is 0 Å². The van der Waals surface area contributed by atoms with Crippen molar-refractivity contribution in [1.29, 1.82) is 0 Å². The normalized spacial score (nSPS) is 12.2. The van der Waals surface area contributed by atoms with Crippen LogP contribution in [0.1, 0.15) is 31.3 Å². The van der Waals surface area contributed by atoms with Crippen LogP contribution in [-0.2, 0) is 16.0 Å². The second-order valence-electron chi connectivity index (χ2n) is 3.90. The molecule has 0 spiro atoms. The van der Waals surface area contributed by atoms with E-state index < -0.39 is 0 Å². The van der Waals surface area contributed by atoms with Crippen molar-refractivity contribution >= 4 is 5.97 Å². The van der Waals surface area contributed by atoms with Gasteiger partial charge in [0, 0.05) is 30.8 Å². The number of esters is 1. The van der Waals surface area contributed by atoms with Crippen molar-refractivity contribution in [2.45, 2.75) is 39.2 Å². The molecule has 1 atom stereocenters. The Morgan fingerprint density at radius 1 is 1.59 bits per heavy atom. The number of hydrogen-bond acceptors (Lipinski definition) is 5. The van der Waals surface area contributed by atoms with Crippen LogP contribution >= 0.6 is 0 Å². The summed E-state index contributed by atoms with van der Waals surface area (Å²) in [5.41, 5.74) is 6.84. The van der Waals surface area contributed by atoms with Crippen LogP contribution in [0.3, 0.4) is 0 Å². The molecule has 2 N–H and O–H groups in total. The highest BCUT2D eigenvalue weighted by Crippen LogP contribution is 2.04. The van der Waals surface area contributed by atoms with Gasteiger partial charge in [-0.3, -0.25) is 4.79 Å². The van der Waals surface area contributed by atoms with E-state index in [-0.39, 0.29) is 12.0 Å². The minimum absolute atomic E-state index is 0.0753. The standard InChI is InChI=1S/C12H19N3O2/c1-3-17-12(16)5-4-10(13)8-11-6-7-14-9(2)15-11/h6-7,10H,3-5,8,13H2,1-2H3. The van der Waals surface area contributed by atoms with E-state index >= 15 is 0 Å². The highest BCUT2D eigenvalue weighted by atomic mass is 16.5. The van der Waals surface area contributed by atoms with Crippen molar-refractivity contribution in [3.05, 3.63) is 23.8 Å². The zero-order chi connectivity index (χ0) is 12.7. The van der Waals surface area contributed by atoms with Crippen molar-refractivity contribution in [3.63, 3.8) is 0 Å². The van der Waals surface area contributed by atoms with Crippen molar-refractivity contribution in [3.8, 4) is 0 Å². The van der Waals surface area contributed by atoms with Gasteiger partial charge >= 0.3 is 5.97 Å². The first-order valence-electron chi connectivity index (χ1n) is 5.81. The number of nitrogens with zero attached hydrogens (tertiary/aromatic N) is 2. The second-order valence-corrected chi connectivity index (χ2v) is 3.90. The Bertz CT molecular complexity index is 369. The number of rotatable bonds is 6. The van der Waals surface area contributed by atoms with Gasteiger partial charge in [-0.1, -0.05) is 0 Å². The Balaban J connectivity index is 2.34. The molecule has 0 bridgehead atoms. The maximum Gasteiger partial charge on any atom is 0.305 e.